The van der Waals surface area contributed by atoms with Gasteiger partial charge >= 0.3 is 0 Å². The number of aromatic nitrogens is 1. The van der Waals surface area contributed by atoms with Crippen molar-refractivity contribution in [1.82, 2.24) is 10.3 Å². The summed E-state index contributed by atoms with van der Waals surface area (Å²) in [6.07, 6.45) is 8.30. The van der Waals surface area contributed by atoms with Crippen molar-refractivity contribution in [2.24, 2.45) is 0 Å². The lowest BCUT2D eigenvalue weighted by molar-refractivity contribution is -0.116. The van der Waals surface area contributed by atoms with E-state index in [-0.39, 0.29) is 12.5 Å². The number of anilines is 1. The zero-order valence-electron chi connectivity index (χ0n) is 19.3. The van der Waals surface area contributed by atoms with Gasteiger partial charge in [-0.1, -0.05) is 40.2 Å². The van der Waals surface area contributed by atoms with Crippen LogP contribution in [0.1, 0.15) is 62.1 Å². The number of para-hydroxylation sites is 1. The molecule has 1 amide bonds. The maximum atomic E-state index is 11.7. The summed E-state index contributed by atoms with van der Waals surface area (Å²) in [5, 5.41) is 16.1. The molecule has 6 nitrogen and oxygen atoms in total. The molecule has 2 heterocycles. The highest BCUT2D eigenvalue weighted by Gasteiger charge is 2.21. The summed E-state index contributed by atoms with van der Waals surface area (Å²) in [4.78, 5) is 16.3. The van der Waals surface area contributed by atoms with Gasteiger partial charge in [0.05, 0.1) is 0 Å². The zero-order chi connectivity index (χ0) is 23.3. The Morgan fingerprint density at radius 2 is 2.00 bits per heavy atom. The monoisotopic (exact) mass is 517 g/mol. The van der Waals surface area contributed by atoms with Gasteiger partial charge in [-0.15, -0.1) is 0 Å². The van der Waals surface area contributed by atoms with Crippen molar-refractivity contribution in [3.8, 4) is 5.88 Å². The first-order valence-electron chi connectivity index (χ1n) is 12.1. The number of carbonyl (C=O) groups is 1. The molecule has 2 aromatic rings. The molecule has 2 aliphatic rings. The Balaban J connectivity index is 0.000000186. The standard InChI is InChI=1S/C13H18BrNO2.C13H18N2O/c14-9-4-3-7-13(17)15-12-6-2-1-5-11(12)8-10-16;1-3-11(4-1)16-13-6-2-5-12(15-13)10-7-8-14-9-10/h1-2,5-6,16H,3-4,7-10H2,(H,15,17);2,5-6,10-11,14H,1,3-4,7-9H2. The number of alkyl halides is 1. The maximum absolute atomic E-state index is 11.7. The Morgan fingerprint density at radius 3 is 2.70 bits per heavy atom. The fourth-order valence-corrected chi connectivity index (χ4v) is 4.26. The van der Waals surface area contributed by atoms with Crippen LogP contribution >= 0.6 is 15.9 Å². The van der Waals surface area contributed by atoms with Crippen LogP contribution in [-0.2, 0) is 11.2 Å². The Bertz CT molecular complexity index is 854. The number of aliphatic hydroxyl groups is 1. The SMILES string of the molecule is O=C(CCCCBr)Nc1ccccc1CCO.c1cc(OC2CCC2)nc(C2CCNC2)c1. The topological polar surface area (TPSA) is 83.5 Å². The van der Waals surface area contributed by atoms with E-state index in [4.69, 9.17) is 9.84 Å². The molecule has 1 aromatic heterocycles. The van der Waals surface area contributed by atoms with E-state index in [0.29, 0.717) is 24.9 Å². The predicted octanol–water partition coefficient (Wildman–Crippen LogP) is 4.81. The Labute approximate surface area is 205 Å². The molecule has 2 fully saturated rings. The number of nitrogens with one attached hydrogen (secondary N) is 2. The summed E-state index contributed by atoms with van der Waals surface area (Å²) in [6.45, 7) is 2.26. The largest absolute Gasteiger partial charge is 0.474 e. The molecule has 1 aliphatic heterocycles. The minimum Gasteiger partial charge on any atom is -0.474 e. The minimum atomic E-state index is 0.0383. The third-order valence-corrected chi connectivity index (χ3v) is 6.58. The molecule has 1 aliphatic carbocycles. The first kappa shape index (κ1) is 25.7. The number of nitrogens with zero attached hydrogens (tertiary/aromatic N) is 1. The lowest BCUT2D eigenvalue weighted by atomic mass is 9.96. The van der Waals surface area contributed by atoms with Gasteiger partial charge in [-0.05, 0) is 69.2 Å². The molecule has 180 valence electrons. The maximum Gasteiger partial charge on any atom is 0.224 e. The van der Waals surface area contributed by atoms with Crippen LogP contribution in [-0.4, -0.2) is 47.1 Å². The molecule has 3 N–H and O–H groups in total. The molecule has 4 rings (SSSR count). The van der Waals surface area contributed by atoms with Crippen molar-refractivity contribution in [1.29, 1.82) is 0 Å². The van der Waals surface area contributed by atoms with Gasteiger partial charge in [-0.25, -0.2) is 4.98 Å². The highest BCUT2D eigenvalue weighted by atomic mass is 79.9. The first-order valence-corrected chi connectivity index (χ1v) is 13.2. The number of ether oxygens (including phenoxy) is 1. The fourth-order valence-electron chi connectivity index (χ4n) is 3.86. The van der Waals surface area contributed by atoms with Gasteiger partial charge in [0, 0.05) is 48.3 Å². The number of amides is 1. The van der Waals surface area contributed by atoms with Crippen LogP contribution in [0.15, 0.2) is 42.5 Å². The van der Waals surface area contributed by atoms with Crippen molar-refractivity contribution >= 4 is 27.5 Å². The molecule has 1 aromatic carbocycles. The number of aliphatic hydroxyl groups excluding tert-OH is 1. The normalized spacial score (nSPS) is 17.6. The smallest absolute Gasteiger partial charge is 0.224 e. The van der Waals surface area contributed by atoms with Crippen LogP contribution in [0.4, 0.5) is 5.69 Å². The molecular weight excluding hydrogens is 482 g/mol. The molecule has 0 bridgehead atoms. The van der Waals surface area contributed by atoms with Crippen molar-refractivity contribution in [3.63, 3.8) is 0 Å². The van der Waals surface area contributed by atoms with Crippen LogP contribution in [0.3, 0.4) is 0 Å². The highest BCUT2D eigenvalue weighted by molar-refractivity contribution is 9.09. The van der Waals surface area contributed by atoms with E-state index >= 15 is 0 Å². The molecule has 7 heteroatoms. The van der Waals surface area contributed by atoms with E-state index < -0.39 is 0 Å². The molecule has 0 radical (unpaired) electrons. The van der Waals surface area contributed by atoms with Gasteiger partial charge in [0.25, 0.3) is 0 Å². The quantitative estimate of drug-likeness (QED) is 0.311. The Hall–Kier alpha value is -1.96. The molecule has 1 saturated carbocycles. The molecule has 33 heavy (non-hydrogen) atoms. The number of unbranched alkanes of at least 4 members (excludes halogenated alkanes) is 1. The second-order valence-electron chi connectivity index (χ2n) is 8.59. The predicted molar refractivity (Wildman–Crippen MR) is 136 cm³/mol. The van der Waals surface area contributed by atoms with Crippen LogP contribution in [0, 0.1) is 0 Å². The van der Waals surface area contributed by atoms with Gasteiger partial charge in [-0.3, -0.25) is 4.79 Å². The average molecular weight is 518 g/mol. The zero-order valence-corrected chi connectivity index (χ0v) is 20.9. The van der Waals surface area contributed by atoms with E-state index in [2.05, 4.69) is 43.7 Å². The minimum absolute atomic E-state index is 0.0383. The third kappa shape index (κ3) is 8.72. The van der Waals surface area contributed by atoms with Gasteiger partial charge < -0.3 is 20.5 Å². The first-order chi connectivity index (χ1) is 16.2. The van der Waals surface area contributed by atoms with Crippen molar-refractivity contribution in [2.75, 3.05) is 30.3 Å². The summed E-state index contributed by atoms with van der Waals surface area (Å²) < 4.78 is 5.82. The van der Waals surface area contributed by atoms with Crippen LogP contribution in [0.5, 0.6) is 5.88 Å². The number of halogens is 1. The van der Waals surface area contributed by atoms with E-state index in [0.717, 1.165) is 48.4 Å². The number of hydrogen-bond acceptors (Lipinski definition) is 5. The number of carbonyl (C=O) groups excluding carboxylic acids is 1. The van der Waals surface area contributed by atoms with Crippen molar-refractivity contribution in [2.45, 2.75) is 63.4 Å². The molecule has 1 saturated heterocycles. The molecule has 1 atom stereocenters. The van der Waals surface area contributed by atoms with E-state index in [1.54, 1.807) is 0 Å². The van der Waals surface area contributed by atoms with E-state index in [1.165, 1.54) is 31.4 Å². The molecule has 0 spiro atoms. The summed E-state index contributed by atoms with van der Waals surface area (Å²) in [5.41, 5.74) is 2.97. The van der Waals surface area contributed by atoms with Gasteiger partial charge in [0.2, 0.25) is 11.8 Å². The van der Waals surface area contributed by atoms with E-state index in [1.807, 2.05) is 30.3 Å². The fraction of sp³-hybridized carbons (Fsp3) is 0.538. The summed E-state index contributed by atoms with van der Waals surface area (Å²) >= 11 is 3.34. The van der Waals surface area contributed by atoms with Crippen molar-refractivity contribution in [3.05, 3.63) is 53.7 Å². The third-order valence-electron chi connectivity index (χ3n) is 6.02. The Kier molecular flexibility index (Phi) is 11.1. The number of hydrogen-bond donors (Lipinski definition) is 3. The summed E-state index contributed by atoms with van der Waals surface area (Å²) in [5.74, 6) is 1.43. The van der Waals surface area contributed by atoms with Gasteiger partial charge in [0.1, 0.15) is 6.10 Å². The molecule has 1 unspecified atom stereocenters. The van der Waals surface area contributed by atoms with Gasteiger partial charge in [0.15, 0.2) is 0 Å². The van der Waals surface area contributed by atoms with Crippen LogP contribution in [0.25, 0.3) is 0 Å². The number of benzene rings is 1. The van der Waals surface area contributed by atoms with Crippen LogP contribution in [0.2, 0.25) is 0 Å². The Morgan fingerprint density at radius 1 is 1.15 bits per heavy atom. The highest BCUT2D eigenvalue weighted by Crippen LogP contribution is 2.26. The number of rotatable bonds is 10. The second kappa shape index (κ2) is 14.3. The average Bonchev–Trinajstić information content (AvgIpc) is 3.34. The van der Waals surface area contributed by atoms with Crippen molar-refractivity contribution < 1.29 is 14.6 Å². The second-order valence-corrected chi connectivity index (χ2v) is 9.38. The molecular formula is C26H36BrN3O3. The summed E-state index contributed by atoms with van der Waals surface area (Å²) in [6, 6.07) is 13.7. The number of pyridine rings is 1. The van der Waals surface area contributed by atoms with E-state index in [9.17, 15) is 4.79 Å². The van der Waals surface area contributed by atoms with Crippen LogP contribution < -0.4 is 15.4 Å². The lowest BCUT2D eigenvalue weighted by Gasteiger charge is -2.26. The summed E-state index contributed by atoms with van der Waals surface area (Å²) in [7, 11) is 0. The van der Waals surface area contributed by atoms with Gasteiger partial charge in [-0.2, -0.15) is 0 Å². The lowest BCUT2D eigenvalue weighted by Crippen LogP contribution is -2.25.